The van der Waals surface area contributed by atoms with Crippen LogP contribution in [0.5, 0.6) is 0 Å². The molecule has 1 saturated heterocycles. The maximum Gasteiger partial charge on any atom is 0.245 e. The fraction of sp³-hybridized carbons (Fsp3) is 0.615. The van der Waals surface area contributed by atoms with Crippen LogP contribution in [-0.4, -0.2) is 125 Å². The van der Waals surface area contributed by atoms with E-state index >= 15 is 0 Å². The second-order valence-corrected chi connectivity index (χ2v) is 15.5. The van der Waals surface area contributed by atoms with Crippen LogP contribution in [0.4, 0.5) is 0 Å². The highest BCUT2D eigenvalue weighted by Gasteiger charge is 2.34. The summed E-state index contributed by atoms with van der Waals surface area (Å²) in [5, 5.41) is 24.2. The fourth-order valence-corrected chi connectivity index (χ4v) is 7.03. The molecule has 18 heteroatoms. The minimum Gasteiger partial charge on any atom is -0.394 e. The number of aryl methyl sites for hydroxylation is 1. The molecular weight excluding hydrogens is 755 g/mol. The fourth-order valence-electron chi connectivity index (χ4n) is 6.10. The number of hydrogen-bond donors (Lipinski definition) is 9. The molecule has 0 bridgehead atoms. The lowest BCUT2D eigenvalue weighted by molar-refractivity contribution is -0.139. The number of carbonyl (C=O) groups excluding carboxylic acids is 7. The zero-order valence-corrected chi connectivity index (χ0v) is 34.7. The Morgan fingerprint density at radius 3 is 2.28 bits per heavy atom. The molecule has 7 amide bonds. The zero-order valence-electron chi connectivity index (χ0n) is 33.9. The molecule has 1 aromatic heterocycles. The Labute approximate surface area is 339 Å². The summed E-state index contributed by atoms with van der Waals surface area (Å²) in [6, 6.07) is 3.04. The minimum atomic E-state index is -1.46. The first-order valence-electron chi connectivity index (χ1n) is 19.6. The van der Waals surface area contributed by atoms with Gasteiger partial charge in [-0.1, -0.05) is 51.8 Å². The van der Waals surface area contributed by atoms with Crippen molar-refractivity contribution in [2.45, 2.75) is 109 Å². The van der Waals surface area contributed by atoms with E-state index in [0.29, 0.717) is 43.7 Å². The topological polar surface area (TPSA) is 271 Å². The van der Waals surface area contributed by atoms with E-state index in [-0.39, 0.29) is 44.2 Å². The Bertz CT molecular complexity index is 1640. The highest BCUT2D eigenvalue weighted by atomic mass is 32.2. The van der Waals surface area contributed by atoms with Crippen LogP contribution in [0.25, 0.3) is 10.9 Å². The van der Waals surface area contributed by atoms with Gasteiger partial charge in [0.05, 0.1) is 25.6 Å². The number of hydrogen-bond acceptors (Lipinski definition) is 10. The second kappa shape index (κ2) is 25.5. The Balaban J connectivity index is 0.000000954. The van der Waals surface area contributed by atoms with E-state index in [4.69, 9.17) is 11.5 Å². The Hall–Kier alpha value is -4.68. The number of primary amides is 1. The first-order chi connectivity index (χ1) is 27.2. The quantitative estimate of drug-likeness (QED) is 0.142. The van der Waals surface area contributed by atoms with Gasteiger partial charge in [0.2, 0.25) is 41.4 Å². The lowest BCUT2D eigenvalue weighted by atomic mass is 9.97. The van der Waals surface area contributed by atoms with E-state index in [1.807, 2.05) is 19.2 Å². The smallest absolute Gasteiger partial charge is 0.245 e. The maximum absolute atomic E-state index is 13.6. The predicted molar refractivity (Wildman–Crippen MR) is 220 cm³/mol. The van der Waals surface area contributed by atoms with Crippen molar-refractivity contribution in [1.82, 2.24) is 36.5 Å². The van der Waals surface area contributed by atoms with Crippen molar-refractivity contribution in [1.29, 1.82) is 0 Å². The highest BCUT2D eigenvalue weighted by molar-refractivity contribution is 7.99. The zero-order chi connectivity index (χ0) is 42.5. The second-order valence-electron chi connectivity index (χ2n) is 14.2. The summed E-state index contributed by atoms with van der Waals surface area (Å²) in [7, 11) is 1.50. The molecule has 0 aliphatic carbocycles. The van der Waals surface area contributed by atoms with Gasteiger partial charge in [0.1, 0.15) is 24.2 Å². The van der Waals surface area contributed by atoms with Gasteiger partial charge in [-0.15, -0.1) is 0 Å². The van der Waals surface area contributed by atoms with Crippen LogP contribution in [0.1, 0.15) is 77.7 Å². The number of aromatic amines is 1. The molecule has 5 unspecified atom stereocenters. The van der Waals surface area contributed by atoms with Crippen molar-refractivity contribution in [2.75, 3.05) is 38.2 Å². The summed E-state index contributed by atoms with van der Waals surface area (Å²) >= 11 is 1.35. The van der Waals surface area contributed by atoms with Gasteiger partial charge >= 0.3 is 0 Å². The number of aliphatic hydroxyl groups excluding tert-OH is 1. The molecule has 57 heavy (non-hydrogen) atoms. The van der Waals surface area contributed by atoms with Gasteiger partial charge in [0, 0.05) is 36.3 Å². The standard InChI is InChI=1S/C30H54N8O8S.C9H9N/c1-5-8-20-27(43)36-22(15-23(32)40)28(44)35-21(30(46)38(4)19(17-39)9-7-12-31)10-13-47-14-11-24(41)33-16-25(42)37-26(18(3)6-2)29(45)34-20;1-7-6-10-9-5-3-2-4-8(7)9/h18-22,26,39H,5-17,31H2,1-4H3,(H2,32,40)(H,33,41)(H,34,45)(H,35,44)(H,36,43)(H,37,42);2-6,10H,1H3/t18?,19?,20?,21-,22?,26?;/m0./s1. The number of H-pyrrole nitrogens is 1. The van der Waals surface area contributed by atoms with Crippen LogP contribution < -0.4 is 38.1 Å². The monoisotopic (exact) mass is 817 g/mol. The summed E-state index contributed by atoms with van der Waals surface area (Å²) in [6.07, 6.45) is 3.81. The summed E-state index contributed by atoms with van der Waals surface area (Å²) in [5.74, 6) is -4.19. The number of thioether (sulfide) groups is 1. The minimum absolute atomic E-state index is 0.0786. The van der Waals surface area contributed by atoms with Gasteiger partial charge in [-0.2, -0.15) is 11.8 Å². The Kier molecular flexibility index (Phi) is 21.7. The van der Waals surface area contributed by atoms with Crippen LogP contribution in [0.2, 0.25) is 0 Å². The average Bonchev–Trinajstić information content (AvgIpc) is 3.57. The van der Waals surface area contributed by atoms with Gasteiger partial charge in [0.15, 0.2) is 0 Å². The number of para-hydroxylation sites is 1. The van der Waals surface area contributed by atoms with Crippen LogP contribution in [0.15, 0.2) is 30.5 Å². The molecule has 2 aromatic rings. The van der Waals surface area contributed by atoms with Gasteiger partial charge < -0.3 is 53.0 Å². The van der Waals surface area contributed by atoms with E-state index in [1.165, 1.54) is 40.2 Å². The molecule has 3 rings (SSSR count). The summed E-state index contributed by atoms with van der Waals surface area (Å²) in [5.41, 5.74) is 13.6. The van der Waals surface area contributed by atoms with Crippen molar-refractivity contribution < 1.29 is 38.7 Å². The van der Waals surface area contributed by atoms with E-state index in [1.54, 1.807) is 13.8 Å². The lowest BCUT2D eigenvalue weighted by Crippen LogP contribution is -2.60. The molecule has 0 radical (unpaired) electrons. The number of aliphatic hydroxyl groups is 1. The maximum atomic E-state index is 13.6. The molecule has 1 fully saturated rings. The number of nitrogens with one attached hydrogen (secondary N) is 6. The molecular formula is C39H63N9O8S. The molecule has 1 aromatic carbocycles. The van der Waals surface area contributed by atoms with Crippen molar-refractivity contribution in [2.24, 2.45) is 17.4 Å². The molecule has 0 saturated carbocycles. The number of amides is 7. The Morgan fingerprint density at radius 2 is 1.65 bits per heavy atom. The SMILES string of the molecule is CCCC1NC(=O)C(C(C)CC)NC(=O)CNC(=O)CCSCC[C@@H](C(=O)N(C)C(CO)CCCN)NC(=O)C(CC(N)=O)NC1=O.Cc1c[nH]c2ccccc12. The summed E-state index contributed by atoms with van der Waals surface area (Å²) in [4.78, 5) is 95.5. The molecule has 11 N–H and O–H groups in total. The van der Waals surface area contributed by atoms with E-state index in [0.717, 1.165) is 0 Å². The first-order valence-corrected chi connectivity index (χ1v) is 20.8. The van der Waals surface area contributed by atoms with E-state index in [9.17, 15) is 38.7 Å². The third-order valence-corrected chi connectivity index (χ3v) is 10.8. The van der Waals surface area contributed by atoms with Crippen molar-refractivity contribution >= 4 is 64.0 Å². The van der Waals surface area contributed by atoms with Gasteiger partial charge in [-0.3, -0.25) is 33.6 Å². The molecule has 1 aliphatic rings. The average molecular weight is 818 g/mol. The van der Waals surface area contributed by atoms with Gasteiger partial charge in [-0.05, 0) is 62.5 Å². The van der Waals surface area contributed by atoms with Crippen molar-refractivity contribution in [3.05, 3.63) is 36.0 Å². The van der Waals surface area contributed by atoms with Crippen molar-refractivity contribution in [3.63, 3.8) is 0 Å². The molecule has 6 atom stereocenters. The summed E-state index contributed by atoms with van der Waals surface area (Å²) in [6.45, 7) is 7.19. The van der Waals surface area contributed by atoms with Gasteiger partial charge in [-0.25, -0.2) is 0 Å². The molecule has 1 aliphatic heterocycles. The third-order valence-electron chi connectivity index (χ3n) is 9.79. The normalized spacial score (nSPS) is 21.6. The number of rotatable bonds is 12. The number of nitrogens with two attached hydrogens (primary N) is 2. The van der Waals surface area contributed by atoms with Crippen LogP contribution in [0, 0.1) is 12.8 Å². The number of benzene rings is 1. The largest absolute Gasteiger partial charge is 0.394 e. The third kappa shape index (κ3) is 16.4. The summed E-state index contributed by atoms with van der Waals surface area (Å²) < 4.78 is 0. The van der Waals surface area contributed by atoms with Gasteiger partial charge in [0.25, 0.3) is 0 Å². The number of fused-ring (bicyclic) bond motifs is 1. The number of likely N-dealkylation sites (N-methyl/N-ethyl adjacent to an activating group) is 1. The van der Waals surface area contributed by atoms with E-state index in [2.05, 4.69) is 56.7 Å². The first kappa shape index (κ1) is 48.5. The number of aromatic nitrogens is 1. The Morgan fingerprint density at radius 1 is 0.965 bits per heavy atom. The van der Waals surface area contributed by atoms with Crippen LogP contribution in [0.3, 0.4) is 0 Å². The number of carbonyl (C=O) groups is 7. The predicted octanol–water partition coefficient (Wildman–Crippen LogP) is 0.325. The number of nitrogens with zero attached hydrogens (tertiary/aromatic N) is 1. The van der Waals surface area contributed by atoms with Crippen LogP contribution in [-0.2, 0) is 33.6 Å². The molecule has 0 spiro atoms. The van der Waals surface area contributed by atoms with Crippen LogP contribution >= 0.6 is 11.8 Å². The molecule has 2 heterocycles. The molecule has 318 valence electrons. The van der Waals surface area contributed by atoms with E-state index < -0.39 is 72.1 Å². The lowest BCUT2D eigenvalue weighted by Gasteiger charge is -2.31. The highest BCUT2D eigenvalue weighted by Crippen LogP contribution is 2.16. The van der Waals surface area contributed by atoms with Crippen molar-refractivity contribution in [3.8, 4) is 0 Å². The molecule has 17 nitrogen and oxygen atoms in total.